The Labute approximate surface area is 134 Å². The van der Waals surface area contributed by atoms with Crippen molar-refractivity contribution in [3.8, 4) is 11.5 Å². The number of benzene rings is 1. The highest BCUT2D eigenvalue weighted by Crippen LogP contribution is 2.32. The Morgan fingerprint density at radius 1 is 1.13 bits per heavy atom. The average molecular weight is 316 g/mol. The number of methoxy groups -OCH3 is 2. The molecule has 1 saturated heterocycles. The second-order valence-electron chi connectivity index (χ2n) is 5.41. The van der Waals surface area contributed by atoms with Crippen LogP contribution in [-0.2, 0) is 0 Å². The molecular weight excluding hydrogens is 296 g/mol. The lowest BCUT2D eigenvalue weighted by atomic mass is 10.0. The van der Waals surface area contributed by atoms with Gasteiger partial charge in [0.05, 0.1) is 38.2 Å². The molecule has 0 saturated carbocycles. The predicted octanol–water partition coefficient (Wildman–Crippen LogP) is 1.77. The molecule has 0 radical (unpaired) electrons. The Hall–Kier alpha value is -2.57. The fourth-order valence-corrected chi connectivity index (χ4v) is 2.94. The van der Waals surface area contributed by atoms with Gasteiger partial charge in [-0.15, -0.1) is 0 Å². The van der Waals surface area contributed by atoms with E-state index in [9.17, 15) is 4.79 Å². The fraction of sp³-hybridized carbons (Fsp3) is 0.438. The first-order valence-corrected chi connectivity index (χ1v) is 7.60. The summed E-state index contributed by atoms with van der Waals surface area (Å²) in [5.74, 6) is 1.01. The molecule has 0 spiro atoms. The zero-order chi connectivity index (χ0) is 16.2. The van der Waals surface area contributed by atoms with Gasteiger partial charge < -0.3 is 14.4 Å². The summed E-state index contributed by atoms with van der Waals surface area (Å²) in [6.45, 7) is 1.34. The monoisotopic (exact) mass is 316 g/mol. The Morgan fingerprint density at radius 2 is 1.83 bits per heavy atom. The van der Waals surface area contributed by atoms with Crippen LogP contribution in [0.5, 0.6) is 11.5 Å². The number of carbonyl (C=O) groups excluding carboxylic acids is 1. The summed E-state index contributed by atoms with van der Waals surface area (Å²) < 4.78 is 10.6. The highest BCUT2D eigenvalue weighted by Gasteiger charge is 2.27. The van der Waals surface area contributed by atoms with E-state index < -0.39 is 0 Å². The summed E-state index contributed by atoms with van der Waals surface area (Å²) in [6.07, 6.45) is 5.04. The van der Waals surface area contributed by atoms with Crippen molar-refractivity contribution in [2.75, 3.05) is 27.3 Å². The molecule has 3 rings (SSSR count). The predicted molar refractivity (Wildman–Crippen MR) is 83.7 cm³/mol. The van der Waals surface area contributed by atoms with Crippen LogP contribution in [0.15, 0.2) is 30.6 Å². The summed E-state index contributed by atoms with van der Waals surface area (Å²) in [5, 5.41) is 8.37. The van der Waals surface area contributed by atoms with Gasteiger partial charge in [-0.05, 0) is 25.0 Å². The van der Waals surface area contributed by atoms with Crippen molar-refractivity contribution in [1.29, 1.82) is 0 Å². The van der Waals surface area contributed by atoms with Gasteiger partial charge in [0.1, 0.15) is 0 Å². The number of amides is 1. The van der Waals surface area contributed by atoms with Crippen molar-refractivity contribution in [3.05, 3.63) is 36.2 Å². The first-order valence-electron chi connectivity index (χ1n) is 7.60. The number of nitrogens with zero attached hydrogens (tertiary/aromatic N) is 4. The van der Waals surface area contributed by atoms with Crippen LogP contribution < -0.4 is 9.47 Å². The van der Waals surface area contributed by atoms with E-state index in [0.29, 0.717) is 30.2 Å². The summed E-state index contributed by atoms with van der Waals surface area (Å²) in [7, 11) is 3.11. The molecule has 1 aliphatic rings. The Balaban J connectivity index is 1.73. The SMILES string of the molecule is COc1cccc(C(=O)N2CCC(n3nccn3)CC2)c1OC. The highest BCUT2D eigenvalue weighted by atomic mass is 16.5. The van der Waals surface area contributed by atoms with Crippen molar-refractivity contribution in [2.24, 2.45) is 0 Å². The number of hydrogen-bond donors (Lipinski definition) is 0. The molecule has 0 bridgehead atoms. The molecule has 7 nitrogen and oxygen atoms in total. The molecule has 0 N–H and O–H groups in total. The van der Waals surface area contributed by atoms with Gasteiger partial charge in [0.15, 0.2) is 11.5 Å². The number of ether oxygens (including phenoxy) is 2. The number of carbonyl (C=O) groups is 1. The maximum absolute atomic E-state index is 12.8. The molecule has 1 aromatic heterocycles. The molecule has 1 amide bonds. The molecular formula is C16H20N4O3. The van der Waals surface area contributed by atoms with Gasteiger partial charge in [-0.25, -0.2) is 0 Å². The lowest BCUT2D eigenvalue weighted by molar-refractivity contribution is 0.0680. The van der Waals surface area contributed by atoms with Crippen LogP contribution in [0, 0.1) is 0 Å². The summed E-state index contributed by atoms with van der Waals surface area (Å²) >= 11 is 0. The minimum absolute atomic E-state index is 0.0346. The Bertz CT molecular complexity index is 664. The van der Waals surface area contributed by atoms with Crippen LogP contribution in [0.3, 0.4) is 0 Å². The van der Waals surface area contributed by atoms with E-state index >= 15 is 0 Å². The first-order chi connectivity index (χ1) is 11.2. The van der Waals surface area contributed by atoms with Gasteiger partial charge in [0.2, 0.25) is 0 Å². The van der Waals surface area contributed by atoms with Crippen molar-refractivity contribution in [3.63, 3.8) is 0 Å². The maximum Gasteiger partial charge on any atom is 0.257 e. The quantitative estimate of drug-likeness (QED) is 0.860. The lowest BCUT2D eigenvalue weighted by Gasteiger charge is -2.31. The molecule has 1 aromatic carbocycles. The number of para-hydroxylation sites is 1. The molecule has 0 aliphatic carbocycles. The van der Waals surface area contributed by atoms with Crippen LogP contribution in [0.4, 0.5) is 0 Å². The van der Waals surface area contributed by atoms with Gasteiger partial charge in [0, 0.05) is 13.1 Å². The standard InChI is InChI=1S/C16H20N4O3/c1-22-14-5-3-4-13(15(14)23-2)16(21)19-10-6-12(7-11-19)20-17-8-9-18-20/h3-5,8-9,12H,6-7,10-11H2,1-2H3. The van der Waals surface area contributed by atoms with E-state index in [0.717, 1.165) is 12.8 Å². The van der Waals surface area contributed by atoms with Crippen LogP contribution in [0.25, 0.3) is 0 Å². The molecule has 0 atom stereocenters. The first kappa shape index (κ1) is 15.3. The number of piperidine rings is 1. The molecule has 23 heavy (non-hydrogen) atoms. The van der Waals surface area contributed by atoms with Crippen molar-refractivity contribution < 1.29 is 14.3 Å². The second-order valence-corrected chi connectivity index (χ2v) is 5.41. The topological polar surface area (TPSA) is 69.5 Å². The van der Waals surface area contributed by atoms with Gasteiger partial charge in [-0.2, -0.15) is 15.0 Å². The molecule has 1 aliphatic heterocycles. The number of aromatic nitrogens is 3. The smallest absolute Gasteiger partial charge is 0.257 e. The Morgan fingerprint density at radius 3 is 2.43 bits per heavy atom. The summed E-state index contributed by atoms with van der Waals surface area (Å²) in [6, 6.07) is 5.60. The zero-order valence-corrected chi connectivity index (χ0v) is 13.3. The largest absolute Gasteiger partial charge is 0.493 e. The number of rotatable bonds is 4. The second kappa shape index (κ2) is 6.68. The third kappa shape index (κ3) is 2.99. The van der Waals surface area contributed by atoms with E-state index in [2.05, 4.69) is 10.2 Å². The van der Waals surface area contributed by atoms with Crippen LogP contribution in [-0.4, -0.2) is 53.1 Å². The van der Waals surface area contributed by atoms with E-state index in [4.69, 9.17) is 9.47 Å². The molecule has 7 heteroatoms. The Kier molecular flexibility index (Phi) is 4.45. The van der Waals surface area contributed by atoms with Crippen molar-refractivity contribution in [2.45, 2.75) is 18.9 Å². The van der Waals surface area contributed by atoms with E-state index in [-0.39, 0.29) is 11.9 Å². The van der Waals surface area contributed by atoms with Gasteiger partial charge in [-0.1, -0.05) is 6.07 Å². The number of likely N-dealkylation sites (tertiary alicyclic amines) is 1. The van der Waals surface area contributed by atoms with Gasteiger partial charge in [0.25, 0.3) is 5.91 Å². The molecule has 0 unspecified atom stereocenters. The van der Waals surface area contributed by atoms with Gasteiger partial charge >= 0.3 is 0 Å². The highest BCUT2D eigenvalue weighted by molar-refractivity contribution is 5.97. The van der Waals surface area contributed by atoms with Crippen LogP contribution in [0.2, 0.25) is 0 Å². The van der Waals surface area contributed by atoms with Crippen LogP contribution >= 0.6 is 0 Å². The third-order valence-corrected chi connectivity index (χ3v) is 4.15. The van der Waals surface area contributed by atoms with E-state index in [1.165, 1.54) is 0 Å². The zero-order valence-electron chi connectivity index (χ0n) is 13.3. The van der Waals surface area contributed by atoms with Gasteiger partial charge in [-0.3, -0.25) is 4.79 Å². The normalized spacial score (nSPS) is 15.5. The molecule has 2 aromatic rings. The average Bonchev–Trinajstić information content (AvgIpc) is 3.15. The van der Waals surface area contributed by atoms with Crippen LogP contribution in [0.1, 0.15) is 29.2 Å². The van der Waals surface area contributed by atoms with E-state index in [1.807, 2.05) is 4.90 Å². The lowest BCUT2D eigenvalue weighted by Crippen LogP contribution is -2.39. The fourth-order valence-electron chi connectivity index (χ4n) is 2.94. The van der Waals surface area contributed by atoms with Crippen molar-refractivity contribution >= 4 is 5.91 Å². The molecule has 1 fully saturated rings. The minimum atomic E-state index is -0.0346. The maximum atomic E-state index is 12.8. The number of hydrogen-bond acceptors (Lipinski definition) is 5. The summed E-state index contributed by atoms with van der Waals surface area (Å²) in [4.78, 5) is 16.4. The van der Waals surface area contributed by atoms with E-state index in [1.54, 1.807) is 49.6 Å². The minimum Gasteiger partial charge on any atom is -0.493 e. The van der Waals surface area contributed by atoms with Crippen molar-refractivity contribution in [1.82, 2.24) is 19.9 Å². The molecule has 122 valence electrons. The third-order valence-electron chi connectivity index (χ3n) is 4.15. The summed E-state index contributed by atoms with van der Waals surface area (Å²) in [5.41, 5.74) is 0.530. The molecule has 2 heterocycles.